The van der Waals surface area contributed by atoms with Gasteiger partial charge in [0.15, 0.2) is 12.4 Å². The van der Waals surface area contributed by atoms with Gasteiger partial charge in [-0.3, -0.25) is 9.59 Å². The molecular weight excluding hydrogens is 278 g/mol. The fraction of sp³-hybridized carbons (Fsp3) is 0.222. The summed E-state index contributed by atoms with van der Waals surface area (Å²) in [6.07, 6.45) is 0.915. The lowest BCUT2D eigenvalue weighted by atomic mass is 10.1. The van der Waals surface area contributed by atoms with Gasteiger partial charge in [-0.2, -0.15) is 0 Å². The van der Waals surface area contributed by atoms with Crippen LogP contribution >= 0.6 is 0 Å². The van der Waals surface area contributed by atoms with Crippen molar-refractivity contribution in [3.8, 4) is 5.75 Å². The Labute approximate surface area is 130 Å². The van der Waals surface area contributed by atoms with Gasteiger partial charge >= 0.3 is 0 Å². The second-order valence-electron chi connectivity index (χ2n) is 4.97. The Morgan fingerprint density at radius 2 is 1.86 bits per heavy atom. The molecule has 2 aromatic rings. The third kappa shape index (κ3) is 4.45. The number of hydrogen-bond acceptors (Lipinski definition) is 3. The largest absolute Gasteiger partial charge is 0.484 e. The van der Waals surface area contributed by atoms with E-state index in [1.54, 1.807) is 24.3 Å². The molecule has 0 unspecified atom stereocenters. The summed E-state index contributed by atoms with van der Waals surface area (Å²) >= 11 is 0. The first-order valence-electron chi connectivity index (χ1n) is 7.21. The zero-order valence-electron chi connectivity index (χ0n) is 12.8. The van der Waals surface area contributed by atoms with Crippen molar-refractivity contribution in [3.05, 3.63) is 59.7 Å². The molecule has 22 heavy (non-hydrogen) atoms. The first kappa shape index (κ1) is 15.8. The summed E-state index contributed by atoms with van der Waals surface area (Å²) in [5.41, 5.74) is 2.48. The van der Waals surface area contributed by atoms with Gasteiger partial charge < -0.3 is 10.1 Å². The lowest BCUT2D eigenvalue weighted by Crippen LogP contribution is -2.20. The number of ketones is 1. The molecule has 0 fully saturated rings. The van der Waals surface area contributed by atoms with E-state index in [1.165, 1.54) is 6.92 Å². The zero-order valence-corrected chi connectivity index (χ0v) is 12.8. The Morgan fingerprint density at radius 1 is 1.09 bits per heavy atom. The molecule has 0 atom stereocenters. The van der Waals surface area contributed by atoms with Crippen LogP contribution in [-0.4, -0.2) is 18.3 Å². The minimum Gasteiger partial charge on any atom is -0.484 e. The normalized spacial score (nSPS) is 10.1. The summed E-state index contributed by atoms with van der Waals surface area (Å²) in [6, 6.07) is 14.5. The molecule has 4 heteroatoms. The molecular formula is C18H19NO3. The molecule has 4 nitrogen and oxygen atoms in total. The molecule has 2 rings (SSSR count). The van der Waals surface area contributed by atoms with Crippen molar-refractivity contribution in [2.75, 3.05) is 11.9 Å². The van der Waals surface area contributed by atoms with Gasteiger partial charge in [0.05, 0.1) is 0 Å². The maximum Gasteiger partial charge on any atom is 0.262 e. The topological polar surface area (TPSA) is 55.4 Å². The van der Waals surface area contributed by atoms with Gasteiger partial charge in [0, 0.05) is 11.3 Å². The molecule has 0 aliphatic heterocycles. The van der Waals surface area contributed by atoms with Crippen LogP contribution < -0.4 is 10.1 Å². The summed E-state index contributed by atoms with van der Waals surface area (Å²) in [5.74, 6) is 0.234. The average Bonchev–Trinajstić information content (AvgIpc) is 2.53. The van der Waals surface area contributed by atoms with Crippen LogP contribution in [0.15, 0.2) is 48.5 Å². The summed E-state index contributed by atoms with van der Waals surface area (Å²) in [5, 5.41) is 2.79. The summed E-state index contributed by atoms with van der Waals surface area (Å²) < 4.78 is 5.42. The summed E-state index contributed by atoms with van der Waals surface area (Å²) in [4.78, 5) is 23.2. The predicted octanol–water partition coefficient (Wildman–Crippen LogP) is 3.47. The Kier molecular flexibility index (Phi) is 5.31. The van der Waals surface area contributed by atoms with E-state index in [0.29, 0.717) is 11.3 Å². The third-order valence-electron chi connectivity index (χ3n) is 3.23. The van der Waals surface area contributed by atoms with Crippen LogP contribution in [0.1, 0.15) is 29.8 Å². The van der Waals surface area contributed by atoms with Crippen molar-refractivity contribution in [2.45, 2.75) is 20.3 Å². The number of aryl methyl sites for hydroxylation is 1. The predicted molar refractivity (Wildman–Crippen MR) is 86.4 cm³/mol. The van der Waals surface area contributed by atoms with Crippen LogP contribution in [0.5, 0.6) is 5.75 Å². The maximum atomic E-state index is 11.9. The molecule has 0 heterocycles. The lowest BCUT2D eigenvalue weighted by Gasteiger charge is -2.09. The van der Waals surface area contributed by atoms with Crippen LogP contribution in [0.25, 0.3) is 0 Å². The standard InChI is InChI=1S/C18H19NO3/c1-3-14-6-4-8-16(10-14)19-18(21)12-22-17-9-5-7-15(11-17)13(2)20/h4-11H,3,12H2,1-2H3,(H,19,21). The number of hydrogen-bond donors (Lipinski definition) is 1. The quantitative estimate of drug-likeness (QED) is 0.831. The van der Waals surface area contributed by atoms with Crippen molar-refractivity contribution in [3.63, 3.8) is 0 Å². The van der Waals surface area contributed by atoms with Gasteiger partial charge in [-0.15, -0.1) is 0 Å². The molecule has 0 radical (unpaired) electrons. The first-order valence-corrected chi connectivity index (χ1v) is 7.21. The molecule has 1 N–H and O–H groups in total. The van der Waals surface area contributed by atoms with E-state index in [2.05, 4.69) is 12.2 Å². The molecule has 0 saturated heterocycles. The Hall–Kier alpha value is -2.62. The van der Waals surface area contributed by atoms with Crippen LogP contribution in [0.2, 0.25) is 0 Å². The van der Waals surface area contributed by atoms with Gasteiger partial charge in [0.2, 0.25) is 0 Å². The summed E-state index contributed by atoms with van der Waals surface area (Å²) in [7, 11) is 0. The average molecular weight is 297 g/mol. The monoisotopic (exact) mass is 297 g/mol. The summed E-state index contributed by atoms with van der Waals surface area (Å²) in [6.45, 7) is 3.45. The van der Waals surface area contributed by atoms with Crippen LogP contribution in [0, 0.1) is 0 Å². The highest BCUT2D eigenvalue weighted by Gasteiger charge is 2.06. The van der Waals surface area contributed by atoms with Crippen molar-refractivity contribution in [2.24, 2.45) is 0 Å². The number of benzene rings is 2. The van der Waals surface area contributed by atoms with E-state index >= 15 is 0 Å². The highest BCUT2D eigenvalue weighted by molar-refractivity contribution is 5.94. The number of anilines is 1. The maximum absolute atomic E-state index is 11.9. The van der Waals surface area contributed by atoms with Gasteiger partial charge in [-0.25, -0.2) is 0 Å². The van der Waals surface area contributed by atoms with E-state index in [0.717, 1.165) is 17.7 Å². The molecule has 0 aliphatic rings. The van der Waals surface area contributed by atoms with Crippen LogP contribution in [-0.2, 0) is 11.2 Å². The van der Waals surface area contributed by atoms with Crippen molar-refractivity contribution in [1.29, 1.82) is 0 Å². The zero-order chi connectivity index (χ0) is 15.9. The number of amides is 1. The molecule has 0 spiro atoms. The second-order valence-corrected chi connectivity index (χ2v) is 4.97. The van der Waals surface area contributed by atoms with Crippen molar-refractivity contribution < 1.29 is 14.3 Å². The van der Waals surface area contributed by atoms with Crippen molar-refractivity contribution in [1.82, 2.24) is 0 Å². The van der Waals surface area contributed by atoms with E-state index in [1.807, 2.05) is 24.3 Å². The van der Waals surface area contributed by atoms with Gasteiger partial charge in [-0.05, 0) is 43.2 Å². The molecule has 0 bridgehead atoms. The molecule has 0 aliphatic carbocycles. The molecule has 0 saturated carbocycles. The number of Topliss-reactive ketones (excluding diaryl/α,β-unsaturated/α-hetero) is 1. The molecule has 0 aromatic heterocycles. The number of carbonyl (C=O) groups excluding carboxylic acids is 2. The molecule has 1 amide bonds. The minimum absolute atomic E-state index is 0.0358. The highest BCUT2D eigenvalue weighted by atomic mass is 16.5. The number of ether oxygens (including phenoxy) is 1. The smallest absolute Gasteiger partial charge is 0.262 e. The fourth-order valence-corrected chi connectivity index (χ4v) is 2.02. The van der Waals surface area contributed by atoms with Gasteiger partial charge in [0.25, 0.3) is 5.91 Å². The Bertz CT molecular complexity index is 680. The van der Waals surface area contributed by atoms with Crippen LogP contribution in [0.4, 0.5) is 5.69 Å². The van der Waals surface area contributed by atoms with E-state index in [4.69, 9.17) is 4.74 Å². The number of rotatable bonds is 6. The third-order valence-corrected chi connectivity index (χ3v) is 3.23. The van der Waals surface area contributed by atoms with Gasteiger partial charge in [0.1, 0.15) is 5.75 Å². The number of nitrogens with one attached hydrogen (secondary N) is 1. The highest BCUT2D eigenvalue weighted by Crippen LogP contribution is 2.14. The van der Waals surface area contributed by atoms with Crippen molar-refractivity contribution >= 4 is 17.4 Å². The van der Waals surface area contributed by atoms with E-state index in [-0.39, 0.29) is 18.3 Å². The van der Waals surface area contributed by atoms with Crippen LogP contribution in [0.3, 0.4) is 0 Å². The Morgan fingerprint density at radius 3 is 2.59 bits per heavy atom. The SMILES string of the molecule is CCc1cccc(NC(=O)COc2cccc(C(C)=O)c2)c1. The molecule has 2 aromatic carbocycles. The Balaban J connectivity index is 1.92. The fourth-order valence-electron chi connectivity index (χ4n) is 2.02. The second kappa shape index (κ2) is 7.41. The molecule has 114 valence electrons. The lowest BCUT2D eigenvalue weighted by molar-refractivity contribution is -0.118. The van der Waals surface area contributed by atoms with E-state index in [9.17, 15) is 9.59 Å². The van der Waals surface area contributed by atoms with Gasteiger partial charge in [-0.1, -0.05) is 31.2 Å². The number of carbonyl (C=O) groups is 2. The van der Waals surface area contributed by atoms with E-state index < -0.39 is 0 Å². The minimum atomic E-state index is -0.235. The first-order chi connectivity index (χ1) is 10.6.